The second-order valence-electron chi connectivity index (χ2n) is 5.57. The van der Waals surface area contributed by atoms with Gasteiger partial charge in [-0.15, -0.1) is 0 Å². The molecule has 1 aromatic heterocycles. The molecule has 0 unspecified atom stereocenters. The molecule has 26 heavy (non-hydrogen) atoms. The quantitative estimate of drug-likeness (QED) is 0.645. The Labute approximate surface area is 147 Å². The number of benzene rings is 2. The molecule has 0 atom stereocenters. The summed E-state index contributed by atoms with van der Waals surface area (Å²) < 4.78 is 6.35. The van der Waals surface area contributed by atoms with Crippen LogP contribution in [0.3, 0.4) is 0 Å². The molecule has 2 aromatic carbocycles. The lowest BCUT2D eigenvalue weighted by molar-refractivity contribution is 0.0697. The summed E-state index contributed by atoms with van der Waals surface area (Å²) in [5.74, 6) is -0.738. The van der Waals surface area contributed by atoms with Gasteiger partial charge in [-0.1, -0.05) is 12.6 Å². The van der Waals surface area contributed by atoms with Crippen LogP contribution >= 0.6 is 0 Å². The molecule has 132 valence electrons. The van der Waals surface area contributed by atoms with Crippen LogP contribution in [-0.2, 0) is 0 Å². The van der Waals surface area contributed by atoms with Gasteiger partial charge in [0.1, 0.15) is 0 Å². The van der Waals surface area contributed by atoms with Crippen LogP contribution in [0.4, 0.5) is 0 Å². The highest BCUT2D eigenvalue weighted by atomic mass is 16.5. The highest BCUT2D eigenvalue weighted by molar-refractivity contribution is 5.87. The van der Waals surface area contributed by atoms with Crippen LogP contribution in [0.15, 0.2) is 47.3 Å². The van der Waals surface area contributed by atoms with E-state index in [2.05, 4.69) is 11.7 Å². The Bertz CT molecular complexity index is 1140. The fraction of sp³-hybridized carbons (Fsp3) is 0.0526. The van der Waals surface area contributed by atoms with E-state index < -0.39 is 5.97 Å². The second-order valence-corrected chi connectivity index (χ2v) is 5.57. The highest BCUT2D eigenvalue weighted by Gasteiger charge is 2.08. The van der Waals surface area contributed by atoms with Crippen molar-refractivity contribution < 1.29 is 19.7 Å². The van der Waals surface area contributed by atoms with Gasteiger partial charge in [0.25, 0.3) is 5.56 Å². The van der Waals surface area contributed by atoms with Crippen LogP contribution in [0.1, 0.15) is 15.9 Å². The second kappa shape index (κ2) is 6.64. The fourth-order valence-electron chi connectivity index (χ4n) is 2.53. The van der Waals surface area contributed by atoms with Gasteiger partial charge in [0.2, 0.25) is 0 Å². The number of hydrogen-bond acceptors (Lipinski definition) is 4. The van der Waals surface area contributed by atoms with Crippen LogP contribution in [0.5, 0.6) is 11.5 Å². The van der Waals surface area contributed by atoms with Crippen molar-refractivity contribution in [2.45, 2.75) is 0 Å². The van der Waals surface area contributed by atoms with Gasteiger partial charge in [0, 0.05) is 0 Å². The molecule has 0 aliphatic rings. The van der Waals surface area contributed by atoms with Crippen LogP contribution in [0.2, 0.25) is 0 Å². The third-order valence-electron chi connectivity index (χ3n) is 3.89. The molecule has 0 bridgehead atoms. The smallest absolute Gasteiger partial charge is 0.335 e. The van der Waals surface area contributed by atoms with Crippen molar-refractivity contribution in [1.82, 2.24) is 9.78 Å². The van der Waals surface area contributed by atoms with Crippen molar-refractivity contribution in [2.24, 2.45) is 0 Å². The van der Waals surface area contributed by atoms with Crippen LogP contribution in [-0.4, -0.2) is 33.1 Å². The number of rotatable bonds is 4. The number of nitrogens with zero attached hydrogens (tertiary/aromatic N) is 1. The van der Waals surface area contributed by atoms with Crippen molar-refractivity contribution in [1.29, 1.82) is 0 Å². The number of aromatic carboxylic acids is 1. The Morgan fingerprint density at radius 1 is 1.23 bits per heavy atom. The van der Waals surface area contributed by atoms with Crippen molar-refractivity contribution >= 4 is 18.6 Å². The third-order valence-corrected chi connectivity index (χ3v) is 3.89. The molecule has 3 aromatic rings. The Morgan fingerprint density at radius 3 is 2.54 bits per heavy atom. The molecule has 7 nitrogen and oxygen atoms in total. The van der Waals surface area contributed by atoms with Crippen LogP contribution in [0.25, 0.3) is 18.3 Å². The summed E-state index contributed by atoms with van der Waals surface area (Å²) in [6.45, 7) is 3.85. The van der Waals surface area contributed by atoms with Gasteiger partial charge in [0.05, 0.1) is 28.9 Å². The summed E-state index contributed by atoms with van der Waals surface area (Å²) in [6, 6.07) is 10.6. The van der Waals surface area contributed by atoms with E-state index in [1.807, 2.05) is 0 Å². The van der Waals surface area contributed by atoms with Crippen LogP contribution in [0, 0.1) is 0 Å². The molecule has 0 saturated carbocycles. The molecule has 3 N–H and O–H groups in total. The summed E-state index contributed by atoms with van der Waals surface area (Å²) in [6.07, 6.45) is 1.63. The van der Waals surface area contributed by atoms with E-state index in [-0.39, 0.29) is 16.9 Å². The standard InChI is InChI=1S/C19H16N2O5/c1-11-15(9-12-3-8-16(22)17(10-12)26-2)18(23)21(20-11)14-6-4-13(5-7-14)19(24)25/h3-10,20,22H,1H2,2H3,(H,24,25). The maximum absolute atomic E-state index is 12.7. The first kappa shape index (κ1) is 17.1. The van der Waals surface area contributed by atoms with Gasteiger partial charge < -0.3 is 14.9 Å². The molecule has 0 radical (unpaired) electrons. The number of carboxylic acid groups (broad SMARTS) is 1. The van der Waals surface area contributed by atoms with E-state index in [9.17, 15) is 14.7 Å². The maximum atomic E-state index is 12.7. The lowest BCUT2D eigenvalue weighted by Gasteiger charge is -2.03. The van der Waals surface area contributed by atoms with E-state index >= 15 is 0 Å². The van der Waals surface area contributed by atoms with Gasteiger partial charge in [-0.3, -0.25) is 9.89 Å². The molecule has 0 aliphatic carbocycles. The zero-order valence-corrected chi connectivity index (χ0v) is 13.9. The molecule has 0 fully saturated rings. The van der Waals surface area contributed by atoms with Crippen LogP contribution < -0.4 is 20.9 Å². The van der Waals surface area contributed by atoms with E-state index in [4.69, 9.17) is 9.84 Å². The Kier molecular flexibility index (Phi) is 4.36. The average molecular weight is 352 g/mol. The molecule has 1 heterocycles. The first-order valence-corrected chi connectivity index (χ1v) is 7.63. The van der Waals surface area contributed by atoms with E-state index in [1.165, 1.54) is 42.1 Å². The number of carboxylic acids is 1. The van der Waals surface area contributed by atoms with Crippen molar-refractivity contribution in [3.8, 4) is 17.2 Å². The molecule has 0 amide bonds. The Hall–Kier alpha value is -3.74. The number of nitrogens with one attached hydrogen (secondary N) is 1. The van der Waals surface area contributed by atoms with Crippen molar-refractivity contribution in [3.63, 3.8) is 0 Å². The number of aromatic hydroxyl groups is 1. The van der Waals surface area contributed by atoms with Crippen molar-refractivity contribution in [3.05, 3.63) is 74.5 Å². The topological polar surface area (TPSA) is 105 Å². The molecular weight excluding hydrogens is 336 g/mol. The average Bonchev–Trinajstić information content (AvgIpc) is 2.91. The minimum atomic E-state index is -1.04. The van der Waals surface area contributed by atoms with Gasteiger partial charge in [0.15, 0.2) is 11.5 Å². The first-order valence-electron chi connectivity index (χ1n) is 7.63. The normalized spacial score (nSPS) is 11.5. The molecule has 0 spiro atoms. The summed E-state index contributed by atoms with van der Waals surface area (Å²) in [4.78, 5) is 23.6. The lowest BCUT2D eigenvalue weighted by atomic mass is 10.1. The largest absolute Gasteiger partial charge is 0.504 e. The fourth-order valence-corrected chi connectivity index (χ4v) is 2.53. The summed E-state index contributed by atoms with van der Waals surface area (Å²) in [5.41, 5.74) is 0.957. The number of phenolic OH excluding ortho intramolecular Hbond substituents is 1. The third kappa shape index (κ3) is 3.10. The van der Waals surface area contributed by atoms with Gasteiger partial charge in [-0.05, 0) is 48.0 Å². The number of ether oxygens (including phenoxy) is 1. The van der Waals surface area contributed by atoms with E-state index in [0.717, 1.165) is 0 Å². The van der Waals surface area contributed by atoms with Crippen molar-refractivity contribution in [2.75, 3.05) is 7.11 Å². The number of carbonyl (C=O) groups is 1. The SMILES string of the molecule is C=c1[nH]n(-c2ccc(C(=O)O)cc2)c(=O)c1=Cc1ccc(O)c(OC)c1. The molecular formula is C19H16N2O5. The van der Waals surface area contributed by atoms with E-state index in [0.29, 0.717) is 27.6 Å². The zero-order valence-electron chi connectivity index (χ0n) is 13.9. The summed E-state index contributed by atoms with van der Waals surface area (Å²) in [5, 5.41) is 22.2. The number of H-pyrrole nitrogens is 1. The monoisotopic (exact) mass is 352 g/mol. The highest BCUT2D eigenvalue weighted by Crippen LogP contribution is 2.26. The number of aromatic nitrogens is 2. The summed E-state index contributed by atoms with van der Waals surface area (Å²) in [7, 11) is 1.44. The molecule has 3 rings (SSSR count). The predicted octanol–water partition coefficient (Wildman–Crippen LogP) is 0.817. The summed E-state index contributed by atoms with van der Waals surface area (Å²) >= 11 is 0. The van der Waals surface area contributed by atoms with Gasteiger partial charge in [-0.2, -0.15) is 0 Å². The molecule has 0 aliphatic heterocycles. The first-order chi connectivity index (χ1) is 12.4. The Balaban J connectivity index is 2.10. The Morgan fingerprint density at radius 2 is 1.92 bits per heavy atom. The number of aromatic amines is 1. The molecule has 0 saturated heterocycles. The lowest BCUT2D eigenvalue weighted by Crippen LogP contribution is -2.33. The predicted molar refractivity (Wildman–Crippen MR) is 96.3 cm³/mol. The van der Waals surface area contributed by atoms with E-state index in [1.54, 1.807) is 18.2 Å². The minimum Gasteiger partial charge on any atom is -0.504 e. The van der Waals surface area contributed by atoms with Gasteiger partial charge in [-0.25, -0.2) is 9.48 Å². The van der Waals surface area contributed by atoms with Gasteiger partial charge >= 0.3 is 5.97 Å². The molecule has 7 heteroatoms. The minimum absolute atomic E-state index is 0.00416. The zero-order chi connectivity index (χ0) is 18.8. The number of hydrogen-bond donors (Lipinski definition) is 3. The maximum Gasteiger partial charge on any atom is 0.335 e. The number of phenols is 1. The number of methoxy groups -OCH3 is 1.